The molecule has 4 heteroatoms. The summed E-state index contributed by atoms with van der Waals surface area (Å²) in [6, 6.07) is 7.31. The van der Waals surface area contributed by atoms with Crippen LogP contribution in [0.15, 0.2) is 36.7 Å². The molecule has 1 heterocycles. The lowest BCUT2D eigenvalue weighted by Crippen LogP contribution is -2.06. The van der Waals surface area contributed by atoms with Gasteiger partial charge in [-0.1, -0.05) is 12.1 Å². The summed E-state index contributed by atoms with van der Waals surface area (Å²) in [6.45, 7) is 1.97. The lowest BCUT2D eigenvalue weighted by Gasteiger charge is -2.16. The SMILES string of the molecule is COc1cc(C)ccc1C(O)c1cnccc1N. The van der Waals surface area contributed by atoms with E-state index in [1.54, 1.807) is 25.6 Å². The molecule has 4 nitrogen and oxygen atoms in total. The van der Waals surface area contributed by atoms with Crippen molar-refractivity contribution in [1.29, 1.82) is 0 Å². The van der Waals surface area contributed by atoms with E-state index in [9.17, 15) is 5.11 Å². The van der Waals surface area contributed by atoms with Gasteiger partial charge in [-0.2, -0.15) is 0 Å². The Labute approximate surface area is 106 Å². The number of benzene rings is 1. The maximum Gasteiger partial charge on any atom is 0.125 e. The molecule has 0 saturated carbocycles. The minimum atomic E-state index is -0.839. The number of hydrogen-bond acceptors (Lipinski definition) is 4. The van der Waals surface area contributed by atoms with E-state index in [2.05, 4.69) is 4.98 Å². The van der Waals surface area contributed by atoms with E-state index in [-0.39, 0.29) is 0 Å². The third-order valence-electron chi connectivity index (χ3n) is 2.87. The minimum absolute atomic E-state index is 0.514. The zero-order chi connectivity index (χ0) is 13.1. The van der Waals surface area contributed by atoms with Crippen molar-refractivity contribution >= 4 is 5.69 Å². The van der Waals surface area contributed by atoms with Crippen LogP contribution in [0.1, 0.15) is 22.8 Å². The minimum Gasteiger partial charge on any atom is -0.496 e. The molecule has 2 rings (SSSR count). The molecule has 0 spiro atoms. The predicted octanol–water partition coefficient (Wildman–Crippen LogP) is 2.06. The molecule has 1 atom stereocenters. The second-order valence-corrected chi connectivity index (χ2v) is 4.15. The number of aromatic nitrogens is 1. The molecule has 0 fully saturated rings. The monoisotopic (exact) mass is 244 g/mol. The highest BCUT2D eigenvalue weighted by Crippen LogP contribution is 2.32. The molecule has 0 radical (unpaired) electrons. The van der Waals surface area contributed by atoms with Crippen molar-refractivity contribution in [2.24, 2.45) is 0 Å². The number of nitrogens with two attached hydrogens (primary N) is 1. The van der Waals surface area contributed by atoms with Crippen LogP contribution in [0, 0.1) is 6.92 Å². The fraction of sp³-hybridized carbons (Fsp3) is 0.214. The summed E-state index contributed by atoms with van der Waals surface area (Å²) in [5, 5.41) is 10.4. The van der Waals surface area contributed by atoms with E-state index in [4.69, 9.17) is 10.5 Å². The number of pyridine rings is 1. The van der Waals surface area contributed by atoms with Crippen molar-refractivity contribution in [1.82, 2.24) is 4.98 Å². The second kappa shape index (κ2) is 5.06. The molecule has 0 bridgehead atoms. The molecule has 1 aromatic heterocycles. The summed E-state index contributed by atoms with van der Waals surface area (Å²) in [4.78, 5) is 3.98. The summed E-state index contributed by atoms with van der Waals surface area (Å²) >= 11 is 0. The molecular weight excluding hydrogens is 228 g/mol. The number of nitrogen functional groups attached to an aromatic ring is 1. The fourth-order valence-corrected chi connectivity index (χ4v) is 1.86. The second-order valence-electron chi connectivity index (χ2n) is 4.15. The Kier molecular flexibility index (Phi) is 3.48. The van der Waals surface area contributed by atoms with Gasteiger partial charge in [-0.25, -0.2) is 0 Å². The molecule has 0 aliphatic carbocycles. The number of methoxy groups -OCH3 is 1. The van der Waals surface area contributed by atoms with Gasteiger partial charge in [0.15, 0.2) is 0 Å². The molecule has 94 valence electrons. The Bertz CT molecular complexity index is 555. The van der Waals surface area contributed by atoms with Gasteiger partial charge in [-0.3, -0.25) is 4.98 Å². The lowest BCUT2D eigenvalue weighted by molar-refractivity contribution is 0.215. The number of aryl methyl sites for hydroxylation is 1. The average molecular weight is 244 g/mol. The zero-order valence-electron chi connectivity index (χ0n) is 10.4. The van der Waals surface area contributed by atoms with E-state index in [0.29, 0.717) is 22.6 Å². The van der Waals surface area contributed by atoms with Crippen molar-refractivity contribution in [3.05, 3.63) is 53.3 Å². The molecule has 1 aromatic carbocycles. The zero-order valence-corrected chi connectivity index (χ0v) is 10.4. The van der Waals surface area contributed by atoms with Crippen molar-refractivity contribution in [2.45, 2.75) is 13.0 Å². The number of nitrogens with zero attached hydrogens (tertiary/aromatic N) is 1. The van der Waals surface area contributed by atoms with Gasteiger partial charge in [0, 0.05) is 29.2 Å². The highest BCUT2D eigenvalue weighted by atomic mass is 16.5. The normalized spacial score (nSPS) is 12.2. The van der Waals surface area contributed by atoms with E-state index < -0.39 is 6.10 Å². The van der Waals surface area contributed by atoms with Gasteiger partial charge in [-0.05, 0) is 24.6 Å². The standard InChI is InChI=1S/C14H16N2O2/c1-9-3-4-10(13(7-9)18-2)14(17)11-8-16-6-5-12(11)15/h3-8,14,17H,1-2H3,(H2,15,16). The van der Waals surface area contributed by atoms with Crippen LogP contribution in [0.25, 0.3) is 0 Å². The first-order valence-electron chi connectivity index (χ1n) is 5.65. The molecule has 3 N–H and O–H groups in total. The van der Waals surface area contributed by atoms with Crippen molar-refractivity contribution < 1.29 is 9.84 Å². The third kappa shape index (κ3) is 2.28. The van der Waals surface area contributed by atoms with E-state index in [1.165, 1.54) is 0 Å². The molecule has 0 aliphatic heterocycles. The van der Waals surface area contributed by atoms with Gasteiger partial charge in [-0.15, -0.1) is 0 Å². The maximum atomic E-state index is 10.4. The number of aliphatic hydroxyl groups excluding tert-OH is 1. The molecule has 0 amide bonds. The van der Waals surface area contributed by atoms with Gasteiger partial charge in [0.25, 0.3) is 0 Å². The summed E-state index contributed by atoms with van der Waals surface area (Å²) < 4.78 is 5.29. The highest BCUT2D eigenvalue weighted by Gasteiger charge is 2.17. The topological polar surface area (TPSA) is 68.4 Å². The highest BCUT2D eigenvalue weighted by molar-refractivity contribution is 5.51. The van der Waals surface area contributed by atoms with E-state index in [1.807, 2.05) is 25.1 Å². The van der Waals surface area contributed by atoms with Crippen LogP contribution in [0.2, 0.25) is 0 Å². The van der Waals surface area contributed by atoms with Crippen molar-refractivity contribution in [3.63, 3.8) is 0 Å². The number of hydrogen-bond donors (Lipinski definition) is 2. The van der Waals surface area contributed by atoms with Crippen LogP contribution < -0.4 is 10.5 Å². The van der Waals surface area contributed by atoms with Crippen LogP contribution >= 0.6 is 0 Å². The van der Waals surface area contributed by atoms with E-state index in [0.717, 1.165) is 5.56 Å². The molecule has 2 aromatic rings. The average Bonchev–Trinajstić information content (AvgIpc) is 2.38. The van der Waals surface area contributed by atoms with Gasteiger partial charge in [0.05, 0.1) is 7.11 Å². The first kappa shape index (κ1) is 12.4. The smallest absolute Gasteiger partial charge is 0.125 e. The summed E-state index contributed by atoms with van der Waals surface area (Å²) in [6.07, 6.45) is 2.33. The largest absolute Gasteiger partial charge is 0.496 e. The molecular formula is C14H16N2O2. The Hall–Kier alpha value is -2.07. The number of anilines is 1. The summed E-state index contributed by atoms with van der Waals surface area (Å²) in [5.74, 6) is 0.644. The van der Waals surface area contributed by atoms with Crippen LogP contribution in [0.5, 0.6) is 5.75 Å². The van der Waals surface area contributed by atoms with Gasteiger partial charge in [0.1, 0.15) is 11.9 Å². The number of ether oxygens (including phenoxy) is 1. The maximum absolute atomic E-state index is 10.4. The Morgan fingerprint density at radius 2 is 2.06 bits per heavy atom. The van der Waals surface area contributed by atoms with E-state index >= 15 is 0 Å². The van der Waals surface area contributed by atoms with Crippen LogP contribution in [0.4, 0.5) is 5.69 Å². The Morgan fingerprint density at radius 3 is 2.72 bits per heavy atom. The Balaban J connectivity index is 2.46. The predicted molar refractivity (Wildman–Crippen MR) is 70.4 cm³/mol. The molecule has 0 aliphatic rings. The van der Waals surface area contributed by atoms with Crippen LogP contribution in [-0.4, -0.2) is 17.2 Å². The van der Waals surface area contributed by atoms with Gasteiger partial charge < -0.3 is 15.6 Å². The third-order valence-corrected chi connectivity index (χ3v) is 2.87. The molecule has 18 heavy (non-hydrogen) atoms. The van der Waals surface area contributed by atoms with Crippen LogP contribution in [0.3, 0.4) is 0 Å². The molecule has 0 saturated heterocycles. The van der Waals surface area contributed by atoms with Crippen LogP contribution in [-0.2, 0) is 0 Å². The number of rotatable bonds is 3. The van der Waals surface area contributed by atoms with Crippen molar-refractivity contribution in [2.75, 3.05) is 12.8 Å². The summed E-state index contributed by atoms with van der Waals surface area (Å²) in [5.41, 5.74) is 8.69. The fourth-order valence-electron chi connectivity index (χ4n) is 1.86. The summed E-state index contributed by atoms with van der Waals surface area (Å²) in [7, 11) is 1.58. The van der Waals surface area contributed by atoms with Gasteiger partial charge >= 0.3 is 0 Å². The van der Waals surface area contributed by atoms with Crippen molar-refractivity contribution in [3.8, 4) is 5.75 Å². The number of aliphatic hydroxyl groups is 1. The first-order valence-corrected chi connectivity index (χ1v) is 5.65. The first-order chi connectivity index (χ1) is 8.63. The quantitative estimate of drug-likeness (QED) is 0.867. The molecule has 1 unspecified atom stereocenters. The lowest BCUT2D eigenvalue weighted by atomic mass is 9.99. The van der Waals surface area contributed by atoms with Gasteiger partial charge in [0.2, 0.25) is 0 Å². The Morgan fingerprint density at radius 1 is 1.28 bits per heavy atom.